The second-order valence-electron chi connectivity index (χ2n) is 8.32. The van der Waals surface area contributed by atoms with Gasteiger partial charge in [0.05, 0.1) is 18.1 Å². The maximum absolute atomic E-state index is 13.2. The molecule has 1 saturated heterocycles. The molecule has 1 heterocycles. The summed E-state index contributed by atoms with van der Waals surface area (Å²) in [7, 11) is 0. The summed E-state index contributed by atoms with van der Waals surface area (Å²) in [6, 6.07) is 8.84. The Kier molecular flexibility index (Phi) is 5.88. The number of carbonyl (C=O) groups excluding carboxylic acids is 2. The molecule has 25 heavy (non-hydrogen) atoms. The van der Waals surface area contributed by atoms with Crippen LogP contribution < -0.4 is 0 Å². The molecule has 2 amide bonds. The maximum atomic E-state index is 13.2. The third kappa shape index (κ3) is 4.60. The number of imide groups is 1. The summed E-state index contributed by atoms with van der Waals surface area (Å²) in [4.78, 5) is 26.6. The minimum atomic E-state index is -0.964. The van der Waals surface area contributed by atoms with E-state index in [-0.39, 0.29) is 29.9 Å². The van der Waals surface area contributed by atoms with Crippen LogP contribution in [0.4, 0.5) is 4.79 Å². The number of hydrogen-bond donors (Lipinski definition) is 1. The maximum Gasteiger partial charge on any atom is 0.416 e. The average Bonchev–Trinajstić information content (AvgIpc) is 2.93. The fourth-order valence-corrected chi connectivity index (χ4v) is 3.24. The summed E-state index contributed by atoms with van der Waals surface area (Å²) in [6.45, 7) is 10.2. The van der Waals surface area contributed by atoms with Crippen molar-refractivity contribution in [3.63, 3.8) is 0 Å². The van der Waals surface area contributed by atoms with Crippen LogP contribution in [0.2, 0.25) is 0 Å². The van der Waals surface area contributed by atoms with Crippen LogP contribution in [0.25, 0.3) is 0 Å². The van der Waals surface area contributed by atoms with Crippen molar-refractivity contribution in [3.8, 4) is 0 Å². The normalized spacial score (nSPS) is 20.5. The van der Waals surface area contributed by atoms with E-state index in [9.17, 15) is 14.7 Å². The highest BCUT2D eigenvalue weighted by Crippen LogP contribution is 2.36. The van der Waals surface area contributed by atoms with Crippen LogP contribution in [0.15, 0.2) is 30.3 Å². The summed E-state index contributed by atoms with van der Waals surface area (Å²) in [5, 5.41) is 10.9. The molecule has 1 aromatic rings. The first-order chi connectivity index (χ1) is 11.6. The molecule has 2 unspecified atom stereocenters. The molecule has 1 aliphatic rings. The molecule has 2 rings (SSSR count). The Bertz CT molecular complexity index is 606. The zero-order valence-corrected chi connectivity index (χ0v) is 15.7. The van der Waals surface area contributed by atoms with Gasteiger partial charge >= 0.3 is 6.09 Å². The minimum absolute atomic E-state index is 0.0968. The smallest absolute Gasteiger partial charge is 0.416 e. The van der Waals surface area contributed by atoms with Gasteiger partial charge in [0.1, 0.15) is 6.61 Å². The van der Waals surface area contributed by atoms with Crippen molar-refractivity contribution in [1.82, 2.24) is 4.90 Å². The van der Waals surface area contributed by atoms with Crippen LogP contribution in [0, 0.1) is 17.3 Å². The quantitative estimate of drug-likeness (QED) is 0.880. The first kappa shape index (κ1) is 19.4. The molecule has 3 atom stereocenters. The highest BCUT2D eigenvalue weighted by molar-refractivity contribution is 5.95. The molecule has 1 N–H and O–H groups in total. The van der Waals surface area contributed by atoms with E-state index >= 15 is 0 Å². The lowest BCUT2D eigenvalue weighted by molar-refractivity contribution is -0.139. The van der Waals surface area contributed by atoms with E-state index in [0.29, 0.717) is 12.0 Å². The predicted octanol–water partition coefficient (Wildman–Crippen LogP) is 3.78. The molecule has 138 valence electrons. The van der Waals surface area contributed by atoms with Crippen molar-refractivity contribution in [2.75, 3.05) is 6.61 Å². The van der Waals surface area contributed by atoms with Gasteiger partial charge in [-0.25, -0.2) is 9.69 Å². The zero-order chi connectivity index (χ0) is 18.8. The van der Waals surface area contributed by atoms with Crippen LogP contribution in [-0.4, -0.2) is 34.7 Å². The highest BCUT2D eigenvalue weighted by atomic mass is 16.6. The Balaban J connectivity index is 2.34. The number of hydrogen-bond acceptors (Lipinski definition) is 4. The van der Waals surface area contributed by atoms with Crippen molar-refractivity contribution in [2.45, 2.75) is 53.2 Å². The molecule has 0 bridgehead atoms. The van der Waals surface area contributed by atoms with Crippen molar-refractivity contribution >= 4 is 12.0 Å². The number of aliphatic hydroxyl groups is 1. The van der Waals surface area contributed by atoms with Crippen LogP contribution in [0.5, 0.6) is 0 Å². The van der Waals surface area contributed by atoms with Gasteiger partial charge in [0.15, 0.2) is 0 Å². The van der Waals surface area contributed by atoms with Gasteiger partial charge in [0.25, 0.3) is 0 Å². The highest BCUT2D eigenvalue weighted by Gasteiger charge is 2.44. The lowest BCUT2D eigenvalue weighted by atomic mass is 9.79. The first-order valence-electron chi connectivity index (χ1n) is 8.84. The van der Waals surface area contributed by atoms with E-state index in [4.69, 9.17) is 4.74 Å². The molecule has 0 aliphatic carbocycles. The molecule has 1 aliphatic heterocycles. The van der Waals surface area contributed by atoms with Crippen LogP contribution in [0.3, 0.4) is 0 Å². The van der Waals surface area contributed by atoms with E-state index in [2.05, 4.69) is 0 Å². The fraction of sp³-hybridized carbons (Fsp3) is 0.600. The SMILES string of the molecule is CC(C)[C@H]1COC(=O)N1C(=O)C(CC(C)(C)C)C(O)c1ccccc1. The van der Waals surface area contributed by atoms with E-state index in [1.54, 1.807) is 12.1 Å². The number of cyclic esters (lactones) is 1. The van der Waals surface area contributed by atoms with Gasteiger partial charge in [-0.1, -0.05) is 65.0 Å². The minimum Gasteiger partial charge on any atom is -0.447 e. The number of nitrogens with zero attached hydrogens (tertiary/aromatic N) is 1. The number of carbonyl (C=O) groups is 2. The van der Waals surface area contributed by atoms with E-state index in [1.165, 1.54) is 4.90 Å². The third-order valence-electron chi connectivity index (χ3n) is 4.58. The average molecular weight is 347 g/mol. The summed E-state index contributed by atoms with van der Waals surface area (Å²) < 4.78 is 5.11. The molecule has 0 spiro atoms. The fourth-order valence-electron chi connectivity index (χ4n) is 3.24. The van der Waals surface area contributed by atoms with Crippen LogP contribution in [-0.2, 0) is 9.53 Å². The summed E-state index contributed by atoms with van der Waals surface area (Å²) >= 11 is 0. The lowest BCUT2D eigenvalue weighted by Gasteiger charge is -2.33. The molecule has 0 aromatic heterocycles. The predicted molar refractivity (Wildman–Crippen MR) is 95.8 cm³/mol. The summed E-state index contributed by atoms with van der Waals surface area (Å²) in [6.07, 6.45) is -1.10. The first-order valence-corrected chi connectivity index (χ1v) is 8.84. The second kappa shape index (κ2) is 7.56. The summed E-state index contributed by atoms with van der Waals surface area (Å²) in [5.74, 6) is -0.957. The van der Waals surface area contributed by atoms with Gasteiger partial charge in [-0.3, -0.25) is 4.79 Å². The Labute approximate surface area is 150 Å². The van der Waals surface area contributed by atoms with Gasteiger partial charge in [-0.05, 0) is 23.3 Å². The van der Waals surface area contributed by atoms with E-state index in [1.807, 2.05) is 52.8 Å². The van der Waals surface area contributed by atoms with Crippen LogP contribution >= 0.6 is 0 Å². The molecule has 0 saturated carbocycles. The van der Waals surface area contributed by atoms with Crippen LogP contribution in [0.1, 0.15) is 52.7 Å². The molecule has 1 fully saturated rings. The van der Waals surface area contributed by atoms with E-state index < -0.39 is 18.1 Å². The molecule has 1 aromatic carbocycles. The monoisotopic (exact) mass is 347 g/mol. The van der Waals surface area contributed by atoms with Crippen molar-refractivity contribution in [3.05, 3.63) is 35.9 Å². The molecular weight excluding hydrogens is 318 g/mol. The molecule has 0 radical (unpaired) electrons. The number of ether oxygens (including phenoxy) is 1. The number of rotatable bonds is 5. The zero-order valence-electron chi connectivity index (χ0n) is 15.7. The van der Waals surface area contributed by atoms with Gasteiger partial charge in [-0.2, -0.15) is 0 Å². The number of benzene rings is 1. The Hall–Kier alpha value is -1.88. The molecule has 5 nitrogen and oxygen atoms in total. The number of amides is 2. The second-order valence-corrected chi connectivity index (χ2v) is 8.32. The van der Waals surface area contributed by atoms with Gasteiger partial charge in [0, 0.05) is 0 Å². The van der Waals surface area contributed by atoms with Crippen molar-refractivity contribution < 1.29 is 19.4 Å². The third-order valence-corrected chi connectivity index (χ3v) is 4.58. The lowest BCUT2D eigenvalue weighted by Crippen LogP contribution is -2.47. The number of aliphatic hydroxyl groups excluding tert-OH is 1. The Morgan fingerprint density at radius 3 is 2.40 bits per heavy atom. The van der Waals surface area contributed by atoms with Crippen molar-refractivity contribution in [1.29, 1.82) is 0 Å². The summed E-state index contributed by atoms with van der Waals surface area (Å²) in [5.41, 5.74) is 0.506. The Morgan fingerprint density at radius 2 is 1.88 bits per heavy atom. The van der Waals surface area contributed by atoms with Gasteiger partial charge in [0.2, 0.25) is 5.91 Å². The van der Waals surface area contributed by atoms with Gasteiger partial charge < -0.3 is 9.84 Å². The standard InChI is InChI=1S/C20H29NO4/c1-13(2)16-12-25-19(24)21(16)18(23)15(11-20(3,4)5)17(22)14-9-7-6-8-10-14/h6-10,13,15-17,22H,11-12H2,1-5H3/t15?,16-,17?/m1/s1. The molecule has 5 heteroatoms. The largest absolute Gasteiger partial charge is 0.447 e. The van der Waals surface area contributed by atoms with Gasteiger partial charge in [-0.15, -0.1) is 0 Å². The Morgan fingerprint density at radius 1 is 1.28 bits per heavy atom. The molecular formula is C20H29NO4. The van der Waals surface area contributed by atoms with E-state index in [0.717, 1.165) is 0 Å². The van der Waals surface area contributed by atoms with Crippen molar-refractivity contribution in [2.24, 2.45) is 17.3 Å². The topological polar surface area (TPSA) is 66.8 Å².